The summed E-state index contributed by atoms with van der Waals surface area (Å²) >= 11 is 0. The minimum absolute atomic E-state index is 0.924. The fourth-order valence-corrected chi connectivity index (χ4v) is 1.69. The van der Waals surface area contributed by atoms with Gasteiger partial charge in [-0.3, -0.25) is 4.98 Å². The van der Waals surface area contributed by atoms with Crippen molar-refractivity contribution in [2.75, 3.05) is 0 Å². The fourth-order valence-electron chi connectivity index (χ4n) is 1.69. The third-order valence-electron chi connectivity index (χ3n) is 2.59. The van der Waals surface area contributed by atoms with E-state index in [-0.39, 0.29) is 0 Å². The Morgan fingerprint density at radius 3 is 2.53 bits per heavy atom. The molecule has 0 bridgehead atoms. The molecular weight excluding hydrogens is 206 g/mol. The summed E-state index contributed by atoms with van der Waals surface area (Å²) < 4.78 is 0. The molecule has 3 rings (SSSR count). The zero-order valence-corrected chi connectivity index (χ0v) is 9.71. The first-order valence-corrected chi connectivity index (χ1v) is 5.68. The first kappa shape index (κ1) is 11.3. The number of fused-ring (bicyclic) bond motifs is 1. The van der Waals surface area contributed by atoms with Crippen LogP contribution in [-0.2, 0) is 6.42 Å². The van der Waals surface area contributed by atoms with Gasteiger partial charge in [0.2, 0.25) is 0 Å². The van der Waals surface area contributed by atoms with Crippen molar-refractivity contribution >= 4 is 12.2 Å². The van der Waals surface area contributed by atoms with Crippen LogP contribution < -0.4 is 0 Å². The summed E-state index contributed by atoms with van der Waals surface area (Å²) in [6.07, 6.45) is 8.97. The zero-order valence-electron chi connectivity index (χ0n) is 9.71. The highest BCUT2D eigenvalue weighted by Gasteiger charge is 2.00. The molecule has 1 aromatic heterocycles. The molecule has 0 fully saturated rings. The van der Waals surface area contributed by atoms with Crippen molar-refractivity contribution in [3.05, 3.63) is 78.1 Å². The number of hydrogen-bond acceptors (Lipinski definition) is 1. The molecule has 2 aromatic rings. The lowest BCUT2D eigenvalue weighted by atomic mass is 10.1. The van der Waals surface area contributed by atoms with Crippen molar-refractivity contribution in [1.82, 2.24) is 4.98 Å². The lowest BCUT2D eigenvalue weighted by Crippen LogP contribution is -1.76. The molecule has 0 saturated heterocycles. The van der Waals surface area contributed by atoms with Crippen LogP contribution >= 0.6 is 0 Å². The number of aromatic nitrogens is 1. The van der Waals surface area contributed by atoms with Gasteiger partial charge < -0.3 is 0 Å². The second kappa shape index (κ2) is 5.80. The molecule has 17 heavy (non-hydrogen) atoms. The average Bonchev–Trinajstić information content (AvgIpc) is 2.89. The third kappa shape index (κ3) is 3.15. The number of hydrogen-bond donors (Lipinski definition) is 0. The third-order valence-corrected chi connectivity index (χ3v) is 2.59. The van der Waals surface area contributed by atoms with Crippen molar-refractivity contribution in [3.63, 3.8) is 0 Å². The molecule has 1 aliphatic rings. The Bertz CT molecular complexity index is 512. The Kier molecular flexibility index (Phi) is 3.87. The Morgan fingerprint density at radius 1 is 1.06 bits per heavy atom. The molecule has 0 atom stereocenters. The van der Waals surface area contributed by atoms with E-state index in [0.717, 1.165) is 12.1 Å². The van der Waals surface area contributed by atoms with Crippen LogP contribution in [0.4, 0.5) is 0 Å². The lowest BCUT2D eigenvalue weighted by molar-refractivity contribution is 1.30. The molecule has 1 aliphatic carbocycles. The number of allylic oxidation sites excluding steroid dienone is 1. The second-order valence-electron chi connectivity index (χ2n) is 3.76. The molecule has 0 amide bonds. The van der Waals surface area contributed by atoms with Crippen LogP contribution in [0.1, 0.15) is 16.8 Å². The highest BCUT2D eigenvalue weighted by atomic mass is 14.6. The van der Waals surface area contributed by atoms with Gasteiger partial charge in [0.1, 0.15) is 0 Å². The number of pyridine rings is 1. The van der Waals surface area contributed by atoms with Crippen molar-refractivity contribution in [2.24, 2.45) is 0 Å². The van der Waals surface area contributed by atoms with Crippen LogP contribution in [0, 0.1) is 0 Å². The molecule has 0 unspecified atom stereocenters. The van der Waals surface area contributed by atoms with Gasteiger partial charge in [0.05, 0.1) is 5.69 Å². The van der Waals surface area contributed by atoms with Crippen LogP contribution in [-0.4, -0.2) is 4.98 Å². The van der Waals surface area contributed by atoms with Gasteiger partial charge in [-0.05, 0) is 35.8 Å². The van der Waals surface area contributed by atoms with E-state index >= 15 is 0 Å². The lowest BCUT2D eigenvalue weighted by Gasteiger charge is -1.93. The first-order valence-electron chi connectivity index (χ1n) is 5.68. The largest absolute Gasteiger partial charge is 0.257 e. The van der Waals surface area contributed by atoms with E-state index in [2.05, 4.69) is 48.0 Å². The Morgan fingerprint density at radius 2 is 1.88 bits per heavy atom. The second-order valence-corrected chi connectivity index (χ2v) is 3.76. The molecule has 0 N–H and O–H groups in total. The Balaban J connectivity index is 0.000000128. The molecule has 1 heterocycles. The molecule has 1 aromatic carbocycles. The maximum atomic E-state index is 3.98. The maximum Gasteiger partial charge on any atom is 0.0623 e. The highest BCUT2D eigenvalue weighted by molar-refractivity contribution is 5.59. The smallest absolute Gasteiger partial charge is 0.0623 e. The van der Waals surface area contributed by atoms with E-state index in [1.807, 2.05) is 18.2 Å². The number of benzene rings is 1. The Labute approximate surface area is 102 Å². The number of nitrogens with zero attached hydrogens (tertiary/aromatic N) is 1. The fraction of sp³-hybridized carbons (Fsp3) is 0.0625. The van der Waals surface area contributed by atoms with Crippen LogP contribution in [0.2, 0.25) is 0 Å². The summed E-state index contributed by atoms with van der Waals surface area (Å²) in [6.45, 7) is 3.57. The molecule has 84 valence electrons. The quantitative estimate of drug-likeness (QED) is 0.709. The summed E-state index contributed by atoms with van der Waals surface area (Å²) in [5.41, 5.74) is 3.77. The average molecular weight is 221 g/mol. The molecule has 1 nitrogen and oxygen atoms in total. The standard InChI is InChI=1S/C9H8.C7H7N/c1-2-5-9-7-3-6-8(9)4-1;1-2-7-5-3-4-6-8-7/h1-6H,7H2;2-6H,1H2. The van der Waals surface area contributed by atoms with Gasteiger partial charge in [0.15, 0.2) is 0 Å². The Hall–Kier alpha value is -2.15. The summed E-state index contributed by atoms with van der Waals surface area (Å²) in [5.74, 6) is 0. The molecule has 0 spiro atoms. The molecule has 0 saturated carbocycles. The van der Waals surface area contributed by atoms with Gasteiger partial charge >= 0.3 is 0 Å². The summed E-state index contributed by atoms with van der Waals surface area (Å²) in [6, 6.07) is 14.2. The summed E-state index contributed by atoms with van der Waals surface area (Å²) in [7, 11) is 0. The van der Waals surface area contributed by atoms with Crippen molar-refractivity contribution in [2.45, 2.75) is 6.42 Å². The van der Waals surface area contributed by atoms with Crippen molar-refractivity contribution in [1.29, 1.82) is 0 Å². The SMILES string of the molecule is C1=Cc2ccccc2C1.C=Cc1ccccn1. The van der Waals surface area contributed by atoms with E-state index in [1.54, 1.807) is 12.3 Å². The van der Waals surface area contributed by atoms with Crippen LogP contribution in [0.5, 0.6) is 0 Å². The molecule has 1 heteroatoms. The summed E-state index contributed by atoms with van der Waals surface area (Å²) in [5, 5.41) is 0. The van der Waals surface area contributed by atoms with Gasteiger partial charge in [-0.2, -0.15) is 0 Å². The van der Waals surface area contributed by atoms with E-state index in [1.165, 1.54) is 11.1 Å². The maximum absolute atomic E-state index is 3.98. The van der Waals surface area contributed by atoms with Crippen molar-refractivity contribution in [3.8, 4) is 0 Å². The molecule has 0 radical (unpaired) electrons. The minimum atomic E-state index is 0.924. The topological polar surface area (TPSA) is 12.9 Å². The van der Waals surface area contributed by atoms with Crippen molar-refractivity contribution < 1.29 is 0 Å². The van der Waals surface area contributed by atoms with Gasteiger partial charge in [-0.25, -0.2) is 0 Å². The predicted octanol–water partition coefficient (Wildman–Crippen LogP) is 3.98. The monoisotopic (exact) mass is 221 g/mol. The van der Waals surface area contributed by atoms with E-state index < -0.39 is 0 Å². The normalized spacial score (nSPS) is 11.3. The minimum Gasteiger partial charge on any atom is -0.257 e. The van der Waals surface area contributed by atoms with E-state index in [4.69, 9.17) is 0 Å². The predicted molar refractivity (Wildman–Crippen MR) is 73.5 cm³/mol. The van der Waals surface area contributed by atoms with Crippen LogP contribution in [0.3, 0.4) is 0 Å². The van der Waals surface area contributed by atoms with Gasteiger partial charge in [-0.15, -0.1) is 0 Å². The van der Waals surface area contributed by atoms with Crippen LogP contribution in [0.25, 0.3) is 12.2 Å². The van der Waals surface area contributed by atoms with Gasteiger partial charge in [0, 0.05) is 6.20 Å². The molecular formula is C16H15N. The zero-order chi connectivity index (χ0) is 11.9. The molecule has 0 aliphatic heterocycles. The first-order chi connectivity index (χ1) is 8.40. The van der Waals surface area contributed by atoms with E-state index in [9.17, 15) is 0 Å². The highest BCUT2D eigenvalue weighted by Crippen LogP contribution is 2.17. The van der Waals surface area contributed by atoms with E-state index in [0.29, 0.717) is 0 Å². The van der Waals surface area contributed by atoms with Gasteiger partial charge in [-0.1, -0.05) is 49.1 Å². The van der Waals surface area contributed by atoms with Gasteiger partial charge in [0.25, 0.3) is 0 Å². The number of rotatable bonds is 1. The van der Waals surface area contributed by atoms with Crippen LogP contribution in [0.15, 0.2) is 61.3 Å². The summed E-state index contributed by atoms with van der Waals surface area (Å²) in [4.78, 5) is 3.98.